The van der Waals surface area contributed by atoms with E-state index in [9.17, 15) is 0 Å². The van der Waals surface area contributed by atoms with E-state index < -0.39 is 0 Å². The topological polar surface area (TPSA) is 114 Å². The predicted octanol–water partition coefficient (Wildman–Crippen LogP) is -0.483. The van der Waals surface area contributed by atoms with Gasteiger partial charge < -0.3 is 21.9 Å². The Kier molecular flexibility index (Phi) is 3790. The molecular weight excluding hydrogens is 230 g/mol. The minimum absolute atomic E-state index is 0. The van der Waals surface area contributed by atoms with Gasteiger partial charge in [-0.3, -0.25) is 0 Å². The van der Waals surface area contributed by atoms with Crippen molar-refractivity contribution in [1.82, 2.24) is 0 Å². The zero-order valence-electron chi connectivity index (χ0n) is 2.80. The molecule has 0 saturated heterocycles. The van der Waals surface area contributed by atoms with Crippen molar-refractivity contribution in [2.75, 3.05) is 0 Å². The van der Waals surface area contributed by atoms with Crippen LogP contribution in [0.25, 0.3) is 0 Å². The van der Waals surface area contributed by atoms with Gasteiger partial charge in [0.15, 0.2) is 0 Å². The molecule has 2 radical (unpaired) electrons. The van der Waals surface area contributed by atoms with Crippen molar-refractivity contribution < 1.29 is 77.2 Å². The van der Waals surface area contributed by atoms with Gasteiger partial charge in [0.2, 0.25) is 0 Å². The van der Waals surface area contributed by atoms with Crippen molar-refractivity contribution in [3.8, 4) is 0 Å². The van der Waals surface area contributed by atoms with E-state index in [4.69, 9.17) is 0 Å². The summed E-state index contributed by atoms with van der Waals surface area (Å²) in [6, 6.07) is 0. The summed E-state index contributed by atoms with van der Waals surface area (Å²) in [5.74, 6) is 0. The van der Waals surface area contributed by atoms with Crippen LogP contribution in [0.15, 0.2) is 0 Å². The molecule has 0 atom stereocenters. The minimum Gasteiger partial charge on any atom is -2.00 e. The third-order valence-corrected chi connectivity index (χ3v) is 0. The molecule has 0 amide bonds. The van der Waals surface area contributed by atoms with Crippen LogP contribution in [-0.4, -0.2) is 0 Å². The first-order chi connectivity index (χ1) is 0. The molecule has 0 aliphatic rings. The molecule has 7 heavy (non-hydrogen) atoms. The van der Waals surface area contributed by atoms with Crippen molar-refractivity contribution >= 4 is 0 Å². The third-order valence-electron chi connectivity index (χ3n) is 0. The summed E-state index contributed by atoms with van der Waals surface area (Å²) in [6.07, 6.45) is 0. The van der Waals surface area contributed by atoms with Crippen LogP contribution in [0.3, 0.4) is 0 Å². The average Bonchev–Trinajstić information content (AvgIpc) is 0. The summed E-state index contributed by atoms with van der Waals surface area (Å²) in [5, 5.41) is 0. The first-order valence-electron chi connectivity index (χ1n) is 0. The largest absolute Gasteiger partial charge is 2.00 e. The third kappa shape index (κ3) is 95.5. The van der Waals surface area contributed by atoms with E-state index in [1.54, 1.807) is 0 Å². The second kappa shape index (κ2) is 133. The minimum atomic E-state index is 0. The van der Waals surface area contributed by atoms with E-state index in [1.807, 2.05) is 0 Å². The maximum atomic E-state index is 0. The molecule has 0 spiro atoms. The van der Waals surface area contributed by atoms with E-state index >= 15 is 0 Å². The molecule has 0 aromatic carbocycles. The second-order valence-electron chi connectivity index (χ2n) is 0. The fraction of sp³-hybridized carbons (Fsp3) is 0. The first kappa shape index (κ1) is 200. The molecule has 7 heteroatoms. The predicted molar refractivity (Wildman–Crippen MR) is 2.75 cm³/mol. The van der Waals surface area contributed by atoms with Crippen molar-refractivity contribution in [2.45, 2.75) is 0 Å². The van der Waals surface area contributed by atoms with Gasteiger partial charge in [-0.15, -0.1) is 0 Å². The Balaban J connectivity index is 0. The first-order valence-corrected chi connectivity index (χ1v) is 0. The second-order valence-corrected chi connectivity index (χ2v) is 0. The van der Waals surface area contributed by atoms with Crippen molar-refractivity contribution in [2.24, 2.45) is 0 Å². The monoisotopic (exact) mass is 230 g/mol. The Morgan fingerprint density at radius 2 is 0.429 bits per heavy atom. The summed E-state index contributed by atoms with van der Waals surface area (Å²) in [7, 11) is 0. The standard InChI is InChI=1S/2Co.4O.Ti/q2*+2;4*-2;. The van der Waals surface area contributed by atoms with Crippen LogP contribution in [0.4, 0.5) is 0 Å². The van der Waals surface area contributed by atoms with E-state index in [-0.39, 0.29) is 77.2 Å². The van der Waals surface area contributed by atoms with E-state index in [2.05, 4.69) is 0 Å². The SMILES string of the molecule is [Co+2].[Co+2].[O-2].[O-2].[O-2].[O-2].[Ti]. The quantitative estimate of drug-likeness (QED) is 0.499. The molecule has 0 aromatic rings. The van der Waals surface area contributed by atoms with Crippen LogP contribution in [0.1, 0.15) is 0 Å². The summed E-state index contributed by atoms with van der Waals surface area (Å²) >= 11 is 0. The van der Waals surface area contributed by atoms with E-state index in [0.29, 0.717) is 0 Å². The fourth-order valence-corrected chi connectivity index (χ4v) is 0. The van der Waals surface area contributed by atoms with Gasteiger partial charge >= 0.3 is 33.6 Å². The molecule has 0 aliphatic carbocycles. The van der Waals surface area contributed by atoms with Gasteiger partial charge in [0.05, 0.1) is 0 Å². The Morgan fingerprint density at radius 1 is 0.429 bits per heavy atom. The molecule has 0 unspecified atom stereocenters. The van der Waals surface area contributed by atoms with Gasteiger partial charge in [-0.25, -0.2) is 0 Å². The zero-order chi connectivity index (χ0) is 0. The van der Waals surface area contributed by atoms with Gasteiger partial charge in [-0.1, -0.05) is 0 Å². The fourth-order valence-electron chi connectivity index (χ4n) is 0. The van der Waals surface area contributed by atoms with E-state index in [1.165, 1.54) is 0 Å². The smallest absolute Gasteiger partial charge is 2.00 e. The number of rotatable bonds is 0. The van der Waals surface area contributed by atoms with Crippen molar-refractivity contribution in [3.05, 3.63) is 0 Å². The normalized spacial score (nSPS) is 0. The van der Waals surface area contributed by atoms with Crippen LogP contribution in [0, 0.1) is 0 Å². The van der Waals surface area contributed by atoms with Gasteiger partial charge in [0.25, 0.3) is 0 Å². The Morgan fingerprint density at radius 3 is 0.429 bits per heavy atom. The van der Waals surface area contributed by atoms with Crippen LogP contribution in [-0.2, 0) is 77.2 Å². The number of hydrogen-bond acceptors (Lipinski definition) is 0. The summed E-state index contributed by atoms with van der Waals surface area (Å²) in [6.45, 7) is 0. The van der Waals surface area contributed by atoms with Gasteiger partial charge in [-0.2, -0.15) is 0 Å². The van der Waals surface area contributed by atoms with Gasteiger partial charge in [0, 0.05) is 21.7 Å². The molecule has 0 rings (SSSR count). The molecule has 0 N–H and O–H groups in total. The average molecular weight is 230 g/mol. The van der Waals surface area contributed by atoms with Gasteiger partial charge in [-0.05, 0) is 0 Å². The number of hydrogen-bond donors (Lipinski definition) is 0. The molecule has 0 bridgehead atoms. The molecule has 0 fully saturated rings. The maximum absolute atomic E-state index is 0. The van der Waals surface area contributed by atoms with Crippen molar-refractivity contribution in [1.29, 1.82) is 0 Å². The Bertz CT molecular complexity index is 9.65. The molecule has 0 heterocycles. The van der Waals surface area contributed by atoms with Gasteiger partial charge in [0.1, 0.15) is 0 Å². The van der Waals surface area contributed by atoms with E-state index in [0.717, 1.165) is 0 Å². The molecule has 0 aliphatic heterocycles. The summed E-state index contributed by atoms with van der Waals surface area (Å²) in [4.78, 5) is 0. The molecule has 0 saturated carbocycles. The summed E-state index contributed by atoms with van der Waals surface area (Å²) < 4.78 is 0. The van der Waals surface area contributed by atoms with Crippen LogP contribution in [0.2, 0.25) is 0 Å². The molecule has 4 nitrogen and oxygen atoms in total. The van der Waals surface area contributed by atoms with Crippen LogP contribution in [0.5, 0.6) is 0 Å². The Hall–Kier alpha value is 1.57. The zero-order valence-corrected chi connectivity index (χ0v) is 6.44. The molecule has 50 valence electrons. The van der Waals surface area contributed by atoms with Crippen LogP contribution >= 0.6 is 0 Å². The Labute approximate surface area is 76.9 Å². The molecular formula is Co2O4Ti-4. The molecule has 0 aromatic heterocycles. The van der Waals surface area contributed by atoms with Crippen molar-refractivity contribution in [3.63, 3.8) is 0 Å². The van der Waals surface area contributed by atoms with Crippen LogP contribution < -0.4 is 0 Å². The maximum Gasteiger partial charge on any atom is 2.00 e. The summed E-state index contributed by atoms with van der Waals surface area (Å²) in [5.41, 5.74) is 0.